The second-order valence-electron chi connectivity index (χ2n) is 6.96. The van der Waals surface area contributed by atoms with Gasteiger partial charge in [-0.3, -0.25) is 4.79 Å². The zero-order chi connectivity index (χ0) is 19.3. The third kappa shape index (κ3) is 4.37. The van der Waals surface area contributed by atoms with Crippen molar-refractivity contribution < 1.29 is 9.53 Å². The molecule has 1 fully saturated rings. The molecular formula is C21H23N5O2. The molecule has 0 unspecified atom stereocenters. The van der Waals surface area contributed by atoms with Crippen molar-refractivity contribution in [3.63, 3.8) is 0 Å². The lowest BCUT2D eigenvalue weighted by molar-refractivity contribution is 0.102. The van der Waals surface area contributed by atoms with Gasteiger partial charge in [0.25, 0.3) is 5.91 Å². The molecular weight excluding hydrogens is 354 g/mol. The van der Waals surface area contributed by atoms with E-state index < -0.39 is 0 Å². The number of carbonyl (C=O) groups excluding carboxylic acids is 1. The number of amides is 1. The largest absolute Gasteiger partial charge is 0.457 e. The molecule has 2 aromatic carbocycles. The highest BCUT2D eigenvalue weighted by molar-refractivity contribution is 6.02. The molecule has 1 aromatic heterocycles. The molecule has 7 heteroatoms. The van der Waals surface area contributed by atoms with Crippen LogP contribution in [0.4, 0.5) is 5.69 Å². The minimum atomic E-state index is -0.271. The molecule has 0 radical (unpaired) electrons. The Morgan fingerprint density at radius 2 is 1.93 bits per heavy atom. The zero-order valence-electron chi connectivity index (χ0n) is 15.8. The summed E-state index contributed by atoms with van der Waals surface area (Å²) in [7, 11) is 0. The zero-order valence-corrected chi connectivity index (χ0v) is 15.8. The van der Waals surface area contributed by atoms with E-state index in [1.54, 1.807) is 23.0 Å². The Morgan fingerprint density at radius 1 is 1.14 bits per heavy atom. The number of hydrogen-bond acceptors (Lipinski definition) is 5. The lowest BCUT2D eigenvalue weighted by atomic mass is 10.1. The SMILES string of the molecule is Cc1cccc(Oc2ccc(NC(=O)c3cn(C4CCNCC4)nn3)cc2)c1. The van der Waals surface area contributed by atoms with Gasteiger partial charge in [-0.25, -0.2) is 4.68 Å². The van der Waals surface area contributed by atoms with Crippen LogP contribution in [-0.4, -0.2) is 34.0 Å². The van der Waals surface area contributed by atoms with Crippen LogP contribution in [0.2, 0.25) is 0 Å². The topological polar surface area (TPSA) is 81.1 Å². The second-order valence-corrected chi connectivity index (χ2v) is 6.96. The maximum atomic E-state index is 12.5. The summed E-state index contributed by atoms with van der Waals surface area (Å²) in [5.74, 6) is 1.22. The van der Waals surface area contributed by atoms with Crippen molar-refractivity contribution in [2.45, 2.75) is 25.8 Å². The van der Waals surface area contributed by atoms with Gasteiger partial charge in [0.2, 0.25) is 0 Å². The minimum Gasteiger partial charge on any atom is -0.457 e. The maximum Gasteiger partial charge on any atom is 0.277 e. The number of anilines is 1. The van der Waals surface area contributed by atoms with Crippen molar-refractivity contribution in [1.82, 2.24) is 20.3 Å². The first-order valence-electron chi connectivity index (χ1n) is 9.46. The molecule has 7 nitrogen and oxygen atoms in total. The number of ether oxygens (including phenoxy) is 1. The maximum absolute atomic E-state index is 12.5. The summed E-state index contributed by atoms with van der Waals surface area (Å²) in [4.78, 5) is 12.5. The first-order valence-corrected chi connectivity index (χ1v) is 9.46. The Morgan fingerprint density at radius 3 is 2.68 bits per heavy atom. The molecule has 144 valence electrons. The van der Waals surface area contributed by atoms with E-state index in [9.17, 15) is 4.79 Å². The highest BCUT2D eigenvalue weighted by Crippen LogP contribution is 2.24. The number of hydrogen-bond donors (Lipinski definition) is 2. The Kier molecular flexibility index (Phi) is 5.34. The fourth-order valence-electron chi connectivity index (χ4n) is 3.25. The smallest absolute Gasteiger partial charge is 0.277 e. The predicted molar refractivity (Wildman–Crippen MR) is 107 cm³/mol. The van der Waals surface area contributed by atoms with E-state index in [1.165, 1.54) is 0 Å². The summed E-state index contributed by atoms with van der Waals surface area (Å²) < 4.78 is 7.63. The average molecular weight is 377 g/mol. The number of rotatable bonds is 5. The highest BCUT2D eigenvalue weighted by atomic mass is 16.5. The number of carbonyl (C=O) groups is 1. The van der Waals surface area contributed by atoms with Crippen LogP contribution in [0.3, 0.4) is 0 Å². The van der Waals surface area contributed by atoms with E-state index in [4.69, 9.17) is 4.74 Å². The van der Waals surface area contributed by atoms with Crippen LogP contribution < -0.4 is 15.4 Å². The predicted octanol–water partition coefficient (Wildman–Crippen LogP) is 3.56. The second kappa shape index (κ2) is 8.22. The molecule has 0 spiro atoms. The van der Waals surface area contributed by atoms with Gasteiger partial charge in [0.05, 0.1) is 12.2 Å². The van der Waals surface area contributed by atoms with Gasteiger partial charge >= 0.3 is 0 Å². The van der Waals surface area contributed by atoms with Crippen molar-refractivity contribution in [1.29, 1.82) is 0 Å². The van der Waals surface area contributed by atoms with Gasteiger partial charge in [0.15, 0.2) is 5.69 Å². The molecule has 1 aliphatic heterocycles. The van der Waals surface area contributed by atoms with Crippen LogP contribution in [-0.2, 0) is 0 Å². The van der Waals surface area contributed by atoms with E-state index >= 15 is 0 Å². The molecule has 2 N–H and O–H groups in total. The molecule has 0 aliphatic carbocycles. The number of benzene rings is 2. The van der Waals surface area contributed by atoms with Gasteiger partial charge in [0.1, 0.15) is 11.5 Å². The summed E-state index contributed by atoms with van der Waals surface area (Å²) in [6.07, 6.45) is 3.71. The van der Waals surface area contributed by atoms with Gasteiger partial charge in [-0.1, -0.05) is 17.3 Å². The van der Waals surface area contributed by atoms with E-state index in [-0.39, 0.29) is 5.91 Å². The third-order valence-electron chi connectivity index (χ3n) is 4.76. The van der Waals surface area contributed by atoms with E-state index in [1.807, 2.05) is 43.3 Å². The lowest BCUT2D eigenvalue weighted by Gasteiger charge is -2.22. The fourth-order valence-corrected chi connectivity index (χ4v) is 3.25. The Balaban J connectivity index is 1.37. The molecule has 0 atom stereocenters. The molecule has 2 heterocycles. The quantitative estimate of drug-likeness (QED) is 0.711. The lowest BCUT2D eigenvalue weighted by Crippen LogP contribution is -2.29. The van der Waals surface area contributed by atoms with E-state index in [2.05, 4.69) is 20.9 Å². The van der Waals surface area contributed by atoms with Gasteiger partial charge in [-0.15, -0.1) is 5.10 Å². The molecule has 1 saturated heterocycles. The van der Waals surface area contributed by atoms with Gasteiger partial charge in [0, 0.05) is 5.69 Å². The summed E-state index contributed by atoms with van der Waals surface area (Å²) in [5.41, 5.74) is 2.13. The molecule has 1 aliphatic rings. The molecule has 4 rings (SSSR count). The van der Waals surface area contributed by atoms with Crippen LogP contribution >= 0.6 is 0 Å². The summed E-state index contributed by atoms with van der Waals surface area (Å²) in [6, 6.07) is 15.4. The molecule has 1 amide bonds. The summed E-state index contributed by atoms with van der Waals surface area (Å²) >= 11 is 0. The molecule has 3 aromatic rings. The van der Waals surface area contributed by atoms with Crippen LogP contribution in [0.25, 0.3) is 0 Å². The van der Waals surface area contributed by atoms with Gasteiger partial charge in [-0.2, -0.15) is 0 Å². The van der Waals surface area contributed by atoms with Crippen LogP contribution in [0.5, 0.6) is 11.5 Å². The van der Waals surface area contributed by atoms with Crippen LogP contribution in [0.15, 0.2) is 54.7 Å². The Labute approximate surface area is 163 Å². The third-order valence-corrected chi connectivity index (χ3v) is 4.76. The first kappa shape index (κ1) is 18.2. The van der Waals surface area contributed by atoms with Crippen molar-refractivity contribution in [3.8, 4) is 11.5 Å². The minimum absolute atomic E-state index is 0.271. The van der Waals surface area contributed by atoms with Crippen molar-refractivity contribution >= 4 is 11.6 Å². The number of nitrogens with one attached hydrogen (secondary N) is 2. The Hall–Kier alpha value is -3.19. The van der Waals surface area contributed by atoms with Gasteiger partial charge < -0.3 is 15.4 Å². The number of piperidine rings is 1. The van der Waals surface area contributed by atoms with Crippen LogP contribution in [0, 0.1) is 6.92 Å². The van der Waals surface area contributed by atoms with Crippen molar-refractivity contribution in [3.05, 3.63) is 66.0 Å². The number of nitrogens with zero attached hydrogens (tertiary/aromatic N) is 3. The van der Waals surface area contributed by atoms with Gasteiger partial charge in [-0.05, 0) is 74.8 Å². The van der Waals surface area contributed by atoms with E-state index in [0.717, 1.165) is 37.2 Å². The number of aromatic nitrogens is 3. The monoisotopic (exact) mass is 377 g/mol. The fraction of sp³-hybridized carbons (Fsp3) is 0.286. The molecule has 0 bridgehead atoms. The van der Waals surface area contributed by atoms with Crippen molar-refractivity contribution in [2.24, 2.45) is 0 Å². The molecule has 28 heavy (non-hydrogen) atoms. The summed E-state index contributed by atoms with van der Waals surface area (Å²) in [6.45, 7) is 3.94. The standard InChI is InChI=1S/C21H23N5O2/c1-15-3-2-4-19(13-15)28-18-7-5-16(6-8-18)23-21(27)20-14-26(25-24-20)17-9-11-22-12-10-17/h2-8,13-14,17,22H,9-12H2,1H3,(H,23,27). The number of aryl methyl sites for hydroxylation is 1. The van der Waals surface area contributed by atoms with Crippen molar-refractivity contribution in [2.75, 3.05) is 18.4 Å². The highest BCUT2D eigenvalue weighted by Gasteiger charge is 2.18. The molecule has 0 saturated carbocycles. The average Bonchev–Trinajstić information content (AvgIpc) is 3.21. The first-order chi connectivity index (χ1) is 13.7. The summed E-state index contributed by atoms with van der Waals surface area (Å²) in [5, 5.41) is 14.3. The van der Waals surface area contributed by atoms with E-state index in [0.29, 0.717) is 23.2 Å². The van der Waals surface area contributed by atoms with Crippen LogP contribution in [0.1, 0.15) is 34.9 Å². The normalized spacial score (nSPS) is 14.6. The Bertz CT molecular complexity index is 945.